The Morgan fingerprint density at radius 1 is 1.80 bits per heavy atom. The number of oxime groups is 1. The molecule has 3 nitrogen and oxygen atoms in total. The number of nitrogens with zero attached hydrogens (tertiary/aromatic N) is 1. The maximum absolute atomic E-state index is 7.48. The van der Waals surface area contributed by atoms with Crippen molar-refractivity contribution >= 4 is 12.4 Å². The molecule has 3 heteroatoms. The minimum absolute atomic E-state index is 0.889. The second-order valence-electron chi connectivity index (χ2n) is 0.431. The monoisotopic (exact) mass is 72.0 g/mol. The highest BCUT2D eigenvalue weighted by molar-refractivity contribution is 6.14. The second-order valence-corrected chi connectivity index (χ2v) is 0.431. The van der Waals surface area contributed by atoms with Crippen LogP contribution in [0.1, 0.15) is 0 Å². The van der Waals surface area contributed by atoms with Crippen LogP contribution in [0.5, 0.6) is 0 Å². The van der Waals surface area contributed by atoms with Gasteiger partial charge in [0.2, 0.25) is 0 Å². The molecule has 0 aromatic heterocycles. The van der Waals surface area contributed by atoms with Gasteiger partial charge in [-0.25, -0.2) is 0 Å². The average molecular weight is 72.1 g/mol. The van der Waals surface area contributed by atoms with Crippen molar-refractivity contribution in [2.75, 3.05) is 0 Å². The van der Waals surface area contributed by atoms with Gasteiger partial charge in [-0.3, -0.25) is 0 Å². The fraction of sp³-hybridized carbons (Fsp3) is 0. The summed E-state index contributed by atoms with van der Waals surface area (Å²) in [4.78, 5) is 0. The van der Waals surface area contributed by atoms with Crippen LogP contribution in [-0.4, -0.2) is 17.6 Å². The zero-order valence-corrected chi connectivity index (χ0v) is 2.55. The minimum atomic E-state index is 0.889. The summed E-state index contributed by atoms with van der Waals surface area (Å²) in [6.45, 7) is 0. The van der Waals surface area contributed by atoms with E-state index in [2.05, 4.69) is 5.16 Å². The molecule has 0 aliphatic heterocycles. The van der Waals surface area contributed by atoms with Gasteiger partial charge in [0, 0.05) is 6.21 Å². The van der Waals surface area contributed by atoms with Crippen LogP contribution in [0.4, 0.5) is 0 Å². The molecule has 0 saturated carbocycles. The molecular formula is C2H4N2O. The summed E-state index contributed by atoms with van der Waals surface area (Å²) in [5, 5.41) is 16.1. The van der Waals surface area contributed by atoms with Crippen LogP contribution >= 0.6 is 0 Å². The van der Waals surface area contributed by atoms with Gasteiger partial charge in [0.15, 0.2) is 0 Å². The van der Waals surface area contributed by atoms with E-state index in [4.69, 9.17) is 10.6 Å². The highest BCUT2D eigenvalue weighted by atomic mass is 16.4. The first kappa shape index (κ1) is 4.14. The average Bonchev–Trinajstić information content (AvgIpc) is 1.41. The van der Waals surface area contributed by atoms with E-state index in [1.807, 2.05) is 0 Å². The lowest BCUT2D eigenvalue weighted by Gasteiger charge is -1.57. The van der Waals surface area contributed by atoms with Crippen molar-refractivity contribution in [3.8, 4) is 0 Å². The molecule has 0 heterocycles. The molecule has 0 rings (SSSR count). The third-order valence-electron chi connectivity index (χ3n) is 0.141. The van der Waals surface area contributed by atoms with Gasteiger partial charge in [0.25, 0.3) is 0 Å². The Labute approximate surface area is 29.4 Å². The predicted molar refractivity (Wildman–Crippen MR) is 19.1 cm³/mol. The summed E-state index contributed by atoms with van der Waals surface area (Å²) in [5.74, 6) is 0. The molecule has 0 fully saturated rings. The van der Waals surface area contributed by atoms with Gasteiger partial charge in [-0.1, -0.05) is 5.16 Å². The van der Waals surface area contributed by atoms with E-state index < -0.39 is 0 Å². The van der Waals surface area contributed by atoms with Crippen molar-refractivity contribution in [1.82, 2.24) is 0 Å². The molecule has 0 aromatic carbocycles. The van der Waals surface area contributed by atoms with Gasteiger partial charge in [0.1, 0.15) is 0 Å². The lowest BCUT2D eigenvalue weighted by molar-refractivity contribution is 0.322. The van der Waals surface area contributed by atoms with Crippen molar-refractivity contribution in [3.63, 3.8) is 0 Å². The Kier molecular flexibility index (Phi) is 2.60. The maximum atomic E-state index is 7.48. The van der Waals surface area contributed by atoms with E-state index >= 15 is 0 Å². The number of hydrogen-bond acceptors (Lipinski definition) is 3. The standard InChI is InChI=1S/C2H4N2O/c3-1-2-4-5/h1-3,5H. The highest BCUT2D eigenvalue weighted by Crippen LogP contribution is 1.37. The van der Waals surface area contributed by atoms with Gasteiger partial charge in [-0.05, 0) is 0 Å². The summed E-state index contributed by atoms with van der Waals surface area (Å²) in [6.07, 6.45) is 1.86. The van der Waals surface area contributed by atoms with E-state index in [9.17, 15) is 0 Å². The van der Waals surface area contributed by atoms with Crippen LogP contribution in [0.3, 0.4) is 0 Å². The third-order valence-corrected chi connectivity index (χ3v) is 0.141. The molecule has 0 atom stereocenters. The topological polar surface area (TPSA) is 56.4 Å². The molecule has 5 heavy (non-hydrogen) atoms. The van der Waals surface area contributed by atoms with Gasteiger partial charge < -0.3 is 10.6 Å². The molecule has 0 aromatic rings. The summed E-state index contributed by atoms with van der Waals surface area (Å²) in [5.41, 5.74) is 0. The van der Waals surface area contributed by atoms with Gasteiger partial charge in [-0.2, -0.15) is 0 Å². The lowest BCUT2D eigenvalue weighted by Crippen LogP contribution is -1.65. The molecule has 0 aliphatic rings. The second kappa shape index (κ2) is 3.14. The van der Waals surface area contributed by atoms with Crippen LogP contribution < -0.4 is 0 Å². The van der Waals surface area contributed by atoms with Gasteiger partial charge in [-0.15, -0.1) is 0 Å². The van der Waals surface area contributed by atoms with Crippen LogP contribution in [0.2, 0.25) is 0 Å². The van der Waals surface area contributed by atoms with Gasteiger partial charge in [0.05, 0.1) is 6.21 Å². The normalized spacial score (nSPS) is 8.80. The Hall–Kier alpha value is -0.860. The first-order chi connectivity index (χ1) is 2.41. The zero-order chi connectivity index (χ0) is 4.12. The maximum Gasteiger partial charge on any atom is 0.0837 e. The van der Waals surface area contributed by atoms with Gasteiger partial charge >= 0.3 is 0 Å². The van der Waals surface area contributed by atoms with Crippen molar-refractivity contribution in [3.05, 3.63) is 0 Å². The number of hydrogen-bond donors (Lipinski definition) is 2. The quantitative estimate of drug-likeness (QED) is 0.257. The highest BCUT2D eigenvalue weighted by Gasteiger charge is 1.46. The van der Waals surface area contributed by atoms with Crippen molar-refractivity contribution in [2.24, 2.45) is 5.16 Å². The molecule has 0 radical (unpaired) electrons. The Balaban J connectivity index is 2.92. The van der Waals surface area contributed by atoms with Crippen LogP contribution in [0.15, 0.2) is 5.16 Å². The summed E-state index contributed by atoms with van der Waals surface area (Å²) in [7, 11) is 0. The fourth-order valence-corrected chi connectivity index (χ4v) is 0.0333. The SMILES string of the molecule is N=CC=NO. The molecular weight excluding hydrogens is 68.0 g/mol. The van der Waals surface area contributed by atoms with Crippen molar-refractivity contribution in [2.45, 2.75) is 0 Å². The minimum Gasteiger partial charge on any atom is -0.411 e. The summed E-state index contributed by atoms with van der Waals surface area (Å²) in [6, 6.07) is 0. The molecule has 2 N–H and O–H groups in total. The molecule has 0 amide bonds. The first-order valence-corrected chi connectivity index (χ1v) is 1.08. The van der Waals surface area contributed by atoms with Crippen molar-refractivity contribution < 1.29 is 5.21 Å². The molecule has 28 valence electrons. The van der Waals surface area contributed by atoms with E-state index in [1.54, 1.807) is 0 Å². The number of rotatable bonds is 1. The summed E-state index contributed by atoms with van der Waals surface area (Å²) < 4.78 is 0. The Bertz CT molecular complexity index is 49.6. The fourth-order valence-electron chi connectivity index (χ4n) is 0.0333. The zero-order valence-electron chi connectivity index (χ0n) is 2.55. The Morgan fingerprint density at radius 3 is 2.40 bits per heavy atom. The van der Waals surface area contributed by atoms with E-state index in [-0.39, 0.29) is 0 Å². The molecule has 0 aliphatic carbocycles. The molecule has 0 unspecified atom stereocenters. The molecule has 0 spiro atoms. The van der Waals surface area contributed by atoms with Crippen LogP contribution in [-0.2, 0) is 0 Å². The Morgan fingerprint density at radius 2 is 2.40 bits per heavy atom. The molecule has 0 bridgehead atoms. The van der Waals surface area contributed by atoms with Crippen LogP contribution in [0, 0.1) is 5.41 Å². The third kappa shape index (κ3) is 3.14. The van der Waals surface area contributed by atoms with E-state index in [1.165, 1.54) is 0 Å². The van der Waals surface area contributed by atoms with Crippen molar-refractivity contribution in [1.29, 1.82) is 5.41 Å². The number of nitrogens with one attached hydrogen (secondary N) is 1. The van der Waals surface area contributed by atoms with E-state index in [0.29, 0.717) is 0 Å². The van der Waals surface area contributed by atoms with Crippen LogP contribution in [0.25, 0.3) is 0 Å². The predicted octanol–water partition coefficient (Wildman–Crippen LogP) is 0.0960. The first-order valence-electron chi connectivity index (χ1n) is 1.08. The van der Waals surface area contributed by atoms with E-state index in [0.717, 1.165) is 12.4 Å². The summed E-state index contributed by atoms with van der Waals surface area (Å²) >= 11 is 0. The molecule has 0 saturated heterocycles. The largest absolute Gasteiger partial charge is 0.411 e. The smallest absolute Gasteiger partial charge is 0.0837 e. The lowest BCUT2D eigenvalue weighted by atomic mass is 10.8.